The van der Waals surface area contributed by atoms with Gasteiger partial charge in [-0.15, -0.1) is 0 Å². The molecule has 2 aromatic carbocycles. The number of nitrogens with zero attached hydrogens (tertiary/aromatic N) is 3. The maximum Gasteiger partial charge on any atom is 0.275 e. The molecule has 1 amide bonds. The average Bonchev–Trinajstić information content (AvgIpc) is 3.45. The molecule has 0 bridgehead atoms. The van der Waals surface area contributed by atoms with Gasteiger partial charge >= 0.3 is 0 Å². The molecule has 0 aliphatic heterocycles. The first-order valence-electron chi connectivity index (χ1n) is 9.66. The summed E-state index contributed by atoms with van der Waals surface area (Å²) in [4.78, 5) is 26.3. The summed E-state index contributed by atoms with van der Waals surface area (Å²) in [7, 11) is 0. The SMILES string of the molecule is O=C(c1n[nH]c2ccc([N+](=O)[O-])cc12)N(C1CC1)C1CCCc2ccccc21. The van der Waals surface area contributed by atoms with Gasteiger partial charge in [0.1, 0.15) is 0 Å². The normalized spacial score (nSPS) is 18.6. The topological polar surface area (TPSA) is 92.1 Å². The summed E-state index contributed by atoms with van der Waals surface area (Å²) < 4.78 is 0. The number of fused-ring (bicyclic) bond motifs is 2. The van der Waals surface area contributed by atoms with Crippen LogP contribution in [-0.4, -0.2) is 32.0 Å². The summed E-state index contributed by atoms with van der Waals surface area (Å²) >= 11 is 0. The van der Waals surface area contributed by atoms with Gasteiger partial charge in [-0.3, -0.25) is 20.0 Å². The standard InChI is InChI=1S/C21H20N4O3/c26-21(20-17-12-15(25(27)28)10-11-18(17)22-23-20)24(14-8-9-14)19-7-3-5-13-4-1-2-6-16(13)19/h1-2,4,6,10-12,14,19H,3,5,7-9H2,(H,22,23). The Hall–Kier alpha value is -3.22. The number of nitro groups is 1. The minimum Gasteiger partial charge on any atom is -0.327 e. The Morgan fingerprint density at radius 3 is 2.79 bits per heavy atom. The molecular formula is C21H20N4O3. The zero-order chi connectivity index (χ0) is 19.3. The van der Waals surface area contributed by atoms with Crippen LogP contribution in [0.25, 0.3) is 10.9 Å². The van der Waals surface area contributed by atoms with E-state index in [0.717, 1.165) is 32.1 Å². The molecule has 1 heterocycles. The van der Waals surface area contributed by atoms with Crippen LogP contribution in [0.2, 0.25) is 0 Å². The number of aryl methyl sites for hydroxylation is 1. The van der Waals surface area contributed by atoms with Crippen molar-refractivity contribution in [1.82, 2.24) is 15.1 Å². The smallest absolute Gasteiger partial charge is 0.275 e. The Kier molecular flexibility index (Phi) is 3.89. The van der Waals surface area contributed by atoms with Crippen molar-refractivity contribution in [2.45, 2.75) is 44.2 Å². The van der Waals surface area contributed by atoms with E-state index < -0.39 is 4.92 Å². The zero-order valence-electron chi connectivity index (χ0n) is 15.3. The summed E-state index contributed by atoms with van der Waals surface area (Å²) in [5, 5.41) is 18.8. The molecule has 1 N–H and O–H groups in total. The fourth-order valence-electron chi connectivity index (χ4n) is 4.33. The predicted molar refractivity (Wildman–Crippen MR) is 104 cm³/mol. The van der Waals surface area contributed by atoms with Crippen LogP contribution in [0.5, 0.6) is 0 Å². The fraction of sp³-hybridized carbons (Fsp3) is 0.333. The van der Waals surface area contributed by atoms with Gasteiger partial charge in [-0.05, 0) is 49.3 Å². The molecule has 1 saturated carbocycles. The number of hydrogen-bond donors (Lipinski definition) is 1. The lowest BCUT2D eigenvalue weighted by Gasteiger charge is -2.36. The second kappa shape index (κ2) is 6.44. The number of rotatable bonds is 4. The molecule has 1 aromatic heterocycles. The summed E-state index contributed by atoms with van der Waals surface area (Å²) in [5.74, 6) is -0.143. The van der Waals surface area contributed by atoms with Gasteiger partial charge in [-0.1, -0.05) is 24.3 Å². The van der Waals surface area contributed by atoms with Crippen molar-refractivity contribution in [3.63, 3.8) is 0 Å². The van der Waals surface area contributed by atoms with Crippen LogP contribution in [0.4, 0.5) is 5.69 Å². The summed E-state index contributed by atoms with van der Waals surface area (Å²) in [5.41, 5.74) is 3.39. The predicted octanol–water partition coefficient (Wildman–Crippen LogP) is 4.15. The number of non-ortho nitro benzene ring substituents is 1. The van der Waals surface area contributed by atoms with E-state index in [9.17, 15) is 14.9 Å². The van der Waals surface area contributed by atoms with E-state index in [4.69, 9.17) is 0 Å². The van der Waals surface area contributed by atoms with Gasteiger partial charge in [0.2, 0.25) is 0 Å². The van der Waals surface area contributed by atoms with E-state index in [1.807, 2.05) is 17.0 Å². The monoisotopic (exact) mass is 376 g/mol. The summed E-state index contributed by atoms with van der Waals surface area (Å²) in [6, 6.07) is 13.1. The first kappa shape index (κ1) is 16.9. The molecule has 7 heteroatoms. The molecule has 0 radical (unpaired) electrons. The number of carbonyl (C=O) groups is 1. The number of H-pyrrole nitrogens is 1. The lowest BCUT2D eigenvalue weighted by molar-refractivity contribution is -0.384. The number of nitrogens with one attached hydrogen (secondary N) is 1. The average molecular weight is 376 g/mol. The van der Waals surface area contributed by atoms with Crippen LogP contribution in [0.1, 0.15) is 53.3 Å². The maximum absolute atomic E-state index is 13.6. The Bertz CT molecular complexity index is 1090. The second-order valence-electron chi connectivity index (χ2n) is 7.61. The Morgan fingerprint density at radius 1 is 1.18 bits per heavy atom. The van der Waals surface area contributed by atoms with Gasteiger partial charge in [0, 0.05) is 23.6 Å². The molecule has 28 heavy (non-hydrogen) atoms. The van der Waals surface area contributed by atoms with E-state index in [1.165, 1.54) is 23.3 Å². The Balaban J connectivity index is 1.57. The van der Waals surface area contributed by atoms with Crippen molar-refractivity contribution >= 4 is 22.5 Å². The van der Waals surface area contributed by atoms with Crippen LogP contribution in [0.3, 0.4) is 0 Å². The van der Waals surface area contributed by atoms with Crippen molar-refractivity contribution in [2.75, 3.05) is 0 Å². The number of nitro benzene ring substituents is 1. The first-order valence-corrected chi connectivity index (χ1v) is 9.66. The highest BCUT2D eigenvalue weighted by molar-refractivity contribution is 6.05. The van der Waals surface area contributed by atoms with Crippen molar-refractivity contribution in [2.24, 2.45) is 0 Å². The van der Waals surface area contributed by atoms with Crippen LogP contribution in [0, 0.1) is 10.1 Å². The highest BCUT2D eigenvalue weighted by atomic mass is 16.6. The number of benzene rings is 2. The Morgan fingerprint density at radius 2 is 2.00 bits per heavy atom. The fourth-order valence-corrected chi connectivity index (χ4v) is 4.33. The number of aromatic amines is 1. The molecule has 7 nitrogen and oxygen atoms in total. The molecule has 2 aliphatic rings. The van der Waals surface area contributed by atoms with Gasteiger partial charge in [0.25, 0.3) is 11.6 Å². The summed E-state index contributed by atoms with van der Waals surface area (Å²) in [6.45, 7) is 0. The first-order chi connectivity index (χ1) is 13.6. The quantitative estimate of drug-likeness (QED) is 0.547. The van der Waals surface area contributed by atoms with Crippen LogP contribution in [0.15, 0.2) is 42.5 Å². The molecule has 1 atom stereocenters. The van der Waals surface area contributed by atoms with Gasteiger partial charge in [-0.25, -0.2) is 0 Å². The zero-order valence-corrected chi connectivity index (χ0v) is 15.3. The molecule has 142 valence electrons. The minimum atomic E-state index is -0.448. The highest BCUT2D eigenvalue weighted by Crippen LogP contribution is 2.42. The molecule has 1 unspecified atom stereocenters. The largest absolute Gasteiger partial charge is 0.327 e. The molecule has 0 spiro atoms. The second-order valence-corrected chi connectivity index (χ2v) is 7.61. The van der Waals surface area contributed by atoms with E-state index in [2.05, 4.69) is 22.3 Å². The van der Waals surface area contributed by atoms with Gasteiger partial charge < -0.3 is 4.90 Å². The number of aromatic nitrogens is 2. The molecule has 3 aromatic rings. The lowest BCUT2D eigenvalue weighted by atomic mass is 9.86. The third-order valence-corrected chi connectivity index (χ3v) is 5.81. The van der Waals surface area contributed by atoms with Crippen molar-refractivity contribution in [3.05, 3.63) is 69.4 Å². The lowest BCUT2D eigenvalue weighted by Crippen LogP contribution is -2.38. The van der Waals surface area contributed by atoms with E-state index in [1.54, 1.807) is 6.07 Å². The molecule has 1 fully saturated rings. The molecule has 0 saturated heterocycles. The third kappa shape index (κ3) is 2.74. The van der Waals surface area contributed by atoms with E-state index in [0.29, 0.717) is 10.9 Å². The van der Waals surface area contributed by atoms with E-state index in [-0.39, 0.29) is 29.4 Å². The van der Waals surface area contributed by atoms with Crippen molar-refractivity contribution in [1.29, 1.82) is 0 Å². The van der Waals surface area contributed by atoms with Crippen LogP contribution >= 0.6 is 0 Å². The molecule has 5 rings (SSSR count). The number of amides is 1. The maximum atomic E-state index is 13.6. The molecular weight excluding hydrogens is 356 g/mol. The number of hydrogen-bond acceptors (Lipinski definition) is 4. The van der Waals surface area contributed by atoms with Gasteiger partial charge in [-0.2, -0.15) is 5.10 Å². The van der Waals surface area contributed by atoms with Crippen molar-refractivity contribution < 1.29 is 9.72 Å². The van der Waals surface area contributed by atoms with Gasteiger partial charge in [0.05, 0.1) is 16.5 Å². The summed E-state index contributed by atoms with van der Waals surface area (Å²) in [6.07, 6.45) is 5.00. The molecule has 2 aliphatic carbocycles. The number of carbonyl (C=O) groups excluding carboxylic acids is 1. The highest BCUT2D eigenvalue weighted by Gasteiger charge is 2.41. The Labute approximate surface area is 161 Å². The van der Waals surface area contributed by atoms with Crippen LogP contribution < -0.4 is 0 Å². The van der Waals surface area contributed by atoms with Crippen molar-refractivity contribution in [3.8, 4) is 0 Å². The van der Waals surface area contributed by atoms with E-state index >= 15 is 0 Å². The minimum absolute atomic E-state index is 0.0374. The van der Waals surface area contributed by atoms with Gasteiger partial charge in [0.15, 0.2) is 5.69 Å². The van der Waals surface area contributed by atoms with Crippen LogP contribution in [-0.2, 0) is 6.42 Å². The third-order valence-electron chi connectivity index (χ3n) is 5.81.